The fourth-order valence-corrected chi connectivity index (χ4v) is 14.6. The average molecular weight is 290 g/mol. The smallest absolute Gasteiger partial charge is 0.127 e. The summed E-state index contributed by atoms with van der Waals surface area (Å²) in [5.41, 5.74) is 0.241. The Morgan fingerprint density at radius 2 is 1.09 bits per heavy atom. The Hall–Kier alpha value is -0.330. The first-order chi connectivity index (χ1) is 10.9. The monoisotopic (exact) mass is 290 g/mol. The third-order valence-electron chi connectivity index (χ3n) is 13.0. The van der Waals surface area contributed by atoms with Gasteiger partial charge in [-0.1, -0.05) is 0 Å². The van der Waals surface area contributed by atoms with E-state index in [4.69, 9.17) is 0 Å². The van der Waals surface area contributed by atoms with Gasteiger partial charge in [0.1, 0.15) is 6.29 Å². The molecular weight excluding hydrogens is 268 g/mol. The van der Waals surface area contributed by atoms with E-state index in [9.17, 15) is 4.79 Å². The van der Waals surface area contributed by atoms with Gasteiger partial charge in [-0.05, 0) is 113 Å². The maximum Gasteiger partial charge on any atom is 0.127 e. The molecule has 112 valence electrons. The van der Waals surface area contributed by atoms with Gasteiger partial charge < -0.3 is 4.79 Å². The summed E-state index contributed by atoms with van der Waals surface area (Å²) in [5, 5.41) is 0. The van der Waals surface area contributed by atoms with Crippen LogP contribution in [0.4, 0.5) is 0 Å². The first kappa shape index (κ1) is 9.84. The predicted molar refractivity (Wildman–Crippen MR) is 77.1 cm³/mol. The van der Waals surface area contributed by atoms with Crippen LogP contribution in [-0.2, 0) is 4.79 Å². The summed E-state index contributed by atoms with van der Waals surface area (Å²) >= 11 is 0. The van der Waals surface area contributed by atoms with Gasteiger partial charge in [0.2, 0.25) is 0 Å². The second kappa shape index (κ2) is 2.25. The fraction of sp³-hybridized carbons (Fsp3) is 0.952. The lowest BCUT2D eigenvalue weighted by molar-refractivity contribution is -0.122. The Balaban J connectivity index is 1.48. The largest absolute Gasteiger partial charge is 0.303 e. The number of hydrogen-bond donors (Lipinski definition) is 0. The molecule has 0 aromatic heterocycles. The van der Waals surface area contributed by atoms with Gasteiger partial charge in [0, 0.05) is 5.41 Å². The van der Waals surface area contributed by atoms with Crippen molar-refractivity contribution in [1.82, 2.24) is 0 Å². The van der Waals surface area contributed by atoms with Crippen molar-refractivity contribution in [2.24, 2.45) is 106 Å². The molecule has 0 N–H and O–H groups in total. The molecule has 0 spiro atoms. The van der Waals surface area contributed by atoms with Crippen molar-refractivity contribution in [1.29, 1.82) is 0 Å². The van der Waals surface area contributed by atoms with Crippen molar-refractivity contribution >= 4 is 6.29 Å². The summed E-state index contributed by atoms with van der Waals surface area (Å²) in [6, 6.07) is 0. The highest BCUT2D eigenvalue weighted by Crippen LogP contribution is 2.98. The summed E-state index contributed by atoms with van der Waals surface area (Å²) in [6.07, 6.45) is 4.81. The number of fused-ring (bicyclic) bond motifs is 4. The fourth-order valence-electron chi connectivity index (χ4n) is 14.6. The van der Waals surface area contributed by atoms with Crippen LogP contribution in [0.1, 0.15) is 12.8 Å². The molecule has 10 rings (SSSR count). The van der Waals surface area contributed by atoms with Gasteiger partial charge in [0.25, 0.3) is 0 Å². The lowest BCUT2D eigenvalue weighted by Gasteiger charge is -2.39. The van der Waals surface area contributed by atoms with Gasteiger partial charge in [0.15, 0.2) is 0 Å². The maximum atomic E-state index is 12.7. The lowest BCUT2D eigenvalue weighted by atomic mass is 9.64. The minimum atomic E-state index is 0.241. The molecule has 0 saturated heterocycles. The number of rotatable bonds is 1. The molecule has 1 nitrogen and oxygen atoms in total. The quantitative estimate of drug-likeness (QED) is 0.678. The Bertz CT molecular complexity index is 683. The normalized spacial score (nSPS) is 94.8. The first-order valence-corrected chi connectivity index (χ1v) is 10.4. The molecule has 10 aliphatic carbocycles. The molecule has 10 saturated carbocycles. The topological polar surface area (TPSA) is 17.1 Å². The van der Waals surface area contributed by atoms with Crippen LogP contribution in [0.3, 0.4) is 0 Å². The molecule has 10 fully saturated rings. The molecule has 1 heteroatoms. The van der Waals surface area contributed by atoms with Crippen LogP contribution in [0, 0.1) is 106 Å². The first-order valence-electron chi connectivity index (χ1n) is 10.4. The van der Waals surface area contributed by atoms with Gasteiger partial charge in [-0.15, -0.1) is 0 Å². The van der Waals surface area contributed by atoms with Crippen molar-refractivity contribution < 1.29 is 4.79 Å². The highest BCUT2D eigenvalue weighted by Gasteiger charge is 2.96. The van der Waals surface area contributed by atoms with E-state index in [2.05, 4.69) is 0 Å². The van der Waals surface area contributed by atoms with Gasteiger partial charge in [-0.3, -0.25) is 0 Å². The molecule has 14 unspecified atom stereocenters. The highest BCUT2D eigenvalue weighted by atomic mass is 16.1. The van der Waals surface area contributed by atoms with E-state index in [1.807, 2.05) is 0 Å². The van der Waals surface area contributed by atoms with E-state index in [1.54, 1.807) is 19.1 Å². The van der Waals surface area contributed by atoms with Crippen LogP contribution >= 0.6 is 0 Å². The zero-order valence-corrected chi connectivity index (χ0v) is 12.7. The minimum absolute atomic E-state index is 0.241. The molecule has 0 aromatic carbocycles. The third kappa shape index (κ3) is 0.504. The minimum Gasteiger partial charge on any atom is -0.303 e. The van der Waals surface area contributed by atoms with Crippen LogP contribution < -0.4 is 0 Å². The number of hydrogen-bond acceptors (Lipinski definition) is 1. The summed E-state index contributed by atoms with van der Waals surface area (Å²) in [5.74, 6) is 18.2. The summed E-state index contributed by atoms with van der Waals surface area (Å²) in [4.78, 5) is 12.7. The predicted octanol–water partition coefficient (Wildman–Crippen LogP) is 2.56. The molecule has 0 aromatic rings. The van der Waals surface area contributed by atoms with Crippen LogP contribution in [0.5, 0.6) is 0 Å². The standard InChI is InChI=1S/C21H22O/c22-3-21-18-6-1-4-8-5-2-7(18)12-10(5)15-13(8)14-9(4)11(6)19(21)16(14)17(15)20(12)21/h3-20H,1-2H2. The van der Waals surface area contributed by atoms with E-state index in [0.717, 1.165) is 88.8 Å². The van der Waals surface area contributed by atoms with Crippen LogP contribution in [0.25, 0.3) is 0 Å². The Kier molecular flexibility index (Phi) is 1.00. The average Bonchev–Trinajstić information content (AvgIpc) is 3.22. The van der Waals surface area contributed by atoms with Crippen LogP contribution in [0.15, 0.2) is 0 Å². The van der Waals surface area contributed by atoms with Crippen molar-refractivity contribution in [3.05, 3.63) is 0 Å². The maximum absolute atomic E-state index is 12.7. The number of aldehydes is 1. The molecule has 14 atom stereocenters. The number of carbonyl (C=O) groups excluding carboxylic acids is 1. The molecule has 0 heterocycles. The van der Waals surface area contributed by atoms with Crippen molar-refractivity contribution in [2.45, 2.75) is 12.8 Å². The van der Waals surface area contributed by atoms with Crippen molar-refractivity contribution in [3.8, 4) is 0 Å². The third-order valence-corrected chi connectivity index (χ3v) is 13.0. The second-order valence-electron chi connectivity index (χ2n) is 11.6. The van der Waals surface area contributed by atoms with E-state index >= 15 is 0 Å². The van der Waals surface area contributed by atoms with E-state index in [-0.39, 0.29) is 5.41 Å². The SMILES string of the molecule is O=CC12C3C4CC5C6C7CC3C3C7C7C6C6C5C4C1C6C7C32. The molecule has 0 radical (unpaired) electrons. The molecule has 10 aliphatic rings. The molecule has 0 bridgehead atoms. The van der Waals surface area contributed by atoms with Gasteiger partial charge in [-0.2, -0.15) is 0 Å². The zero-order valence-electron chi connectivity index (χ0n) is 12.7. The van der Waals surface area contributed by atoms with E-state index in [1.165, 1.54) is 11.8 Å². The zero-order chi connectivity index (χ0) is 13.4. The van der Waals surface area contributed by atoms with Gasteiger partial charge in [0.05, 0.1) is 0 Å². The van der Waals surface area contributed by atoms with E-state index in [0.29, 0.717) is 0 Å². The molecule has 0 amide bonds. The summed E-state index contributed by atoms with van der Waals surface area (Å²) in [6.45, 7) is 0. The summed E-state index contributed by atoms with van der Waals surface area (Å²) in [7, 11) is 0. The Morgan fingerprint density at radius 1 is 0.545 bits per heavy atom. The molecule has 22 heavy (non-hydrogen) atoms. The molecule has 0 aliphatic heterocycles. The van der Waals surface area contributed by atoms with Crippen molar-refractivity contribution in [2.75, 3.05) is 0 Å². The van der Waals surface area contributed by atoms with Crippen LogP contribution in [0.2, 0.25) is 0 Å². The van der Waals surface area contributed by atoms with Gasteiger partial charge in [-0.25, -0.2) is 0 Å². The number of carbonyl (C=O) groups is 1. The Labute approximate surface area is 130 Å². The summed E-state index contributed by atoms with van der Waals surface area (Å²) < 4.78 is 0. The van der Waals surface area contributed by atoms with Crippen LogP contribution in [-0.4, -0.2) is 6.29 Å². The van der Waals surface area contributed by atoms with Gasteiger partial charge >= 0.3 is 0 Å². The molecular formula is C21H22O. The van der Waals surface area contributed by atoms with Crippen molar-refractivity contribution in [3.63, 3.8) is 0 Å². The van der Waals surface area contributed by atoms with E-state index < -0.39 is 0 Å². The second-order valence-corrected chi connectivity index (χ2v) is 11.6. The Morgan fingerprint density at radius 3 is 1.64 bits per heavy atom. The lowest BCUT2D eigenvalue weighted by Crippen LogP contribution is -2.39. The highest BCUT2D eigenvalue weighted by molar-refractivity contribution is 5.68.